The lowest BCUT2D eigenvalue weighted by Crippen LogP contribution is -2.32. The van der Waals surface area contributed by atoms with Gasteiger partial charge in [0.25, 0.3) is 0 Å². The number of hydrogen-bond acceptors (Lipinski definition) is 4. The van der Waals surface area contributed by atoms with Gasteiger partial charge in [0.1, 0.15) is 0 Å². The molecular formula is C14H19N3O4. The third-order valence-corrected chi connectivity index (χ3v) is 3.78. The molecule has 7 nitrogen and oxygen atoms in total. The van der Waals surface area contributed by atoms with Gasteiger partial charge in [0, 0.05) is 24.8 Å². The van der Waals surface area contributed by atoms with E-state index in [1.54, 1.807) is 11.0 Å². The molecule has 0 aliphatic carbocycles. The van der Waals surface area contributed by atoms with Gasteiger partial charge < -0.3 is 15.0 Å². The number of methoxy groups -OCH3 is 1. The minimum atomic E-state index is -0.530. The summed E-state index contributed by atoms with van der Waals surface area (Å²) in [7, 11) is 1.37. The van der Waals surface area contributed by atoms with Crippen LogP contribution in [0.4, 0.5) is 16.2 Å². The van der Waals surface area contributed by atoms with Crippen LogP contribution >= 0.6 is 0 Å². The van der Waals surface area contributed by atoms with Crippen LogP contribution in [0.5, 0.6) is 5.75 Å². The molecule has 2 rings (SSSR count). The predicted octanol–water partition coefficient (Wildman–Crippen LogP) is 2.87. The van der Waals surface area contributed by atoms with E-state index in [2.05, 4.69) is 12.2 Å². The van der Waals surface area contributed by atoms with Crippen molar-refractivity contribution in [2.24, 2.45) is 5.92 Å². The van der Waals surface area contributed by atoms with Crippen LogP contribution in [0, 0.1) is 16.0 Å². The van der Waals surface area contributed by atoms with E-state index in [0.717, 1.165) is 25.9 Å². The quantitative estimate of drug-likeness (QED) is 0.683. The van der Waals surface area contributed by atoms with Crippen molar-refractivity contribution in [2.75, 3.05) is 25.5 Å². The van der Waals surface area contributed by atoms with E-state index in [1.807, 2.05) is 0 Å². The van der Waals surface area contributed by atoms with Crippen LogP contribution in [0.15, 0.2) is 18.2 Å². The van der Waals surface area contributed by atoms with Gasteiger partial charge in [-0.05, 0) is 24.5 Å². The zero-order chi connectivity index (χ0) is 15.4. The first kappa shape index (κ1) is 15.1. The van der Waals surface area contributed by atoms with Gasteiger partial charge in [0.05, 0.1) is 12.0 Å². The number of nitro benzene ring substituents is 1. The van der Waals surface area contributed by atoms with E-state index < -0.39 is 4.92 Å². The summed E-state index contributed by atoms with van der Waals surface area (Å²) in [5.41, 5.74) is 0.232. The molecule has 1 aliphatic heterocycles. The molecule has 1 aromatic carbocycles. The number of ether oxygens (including phenoxy) is 1. The number of nitrogens with zero attached hydrogens (tertiary/aromatic N) is 2. The van der Waals surface area contributed by atoms with Crippen LogP contribution in [0.2, 0.25) is 0 Å². The zero-order valence-electron chi connectivity index (χ0n) is 12.2. The molecule has 1 heterocycles. The van der Waals surface area contributed by atoms with Crippen molar-refractivity contribution >= 4 is 17.4 Å². The molecule has 0 radical (unpaired) electrons. The Balaban J connectivity index is 2.07. The highest BCUT2D eigenvalue weighted by atomic mass is 16.6. The molecule has 0 spiro atoms. The fourth-order valence-electron chi connectivity index (χ4n) is 2.46. The van der Waals surface area contributed by atoms with Crippen molar-refractivity contribution in [2.45, 2.75) is 19.8 Å². The molecule has 0 saturated carbocycles. The number of amides is 2. The van der Waals surface area contributed by atoms with E-state index in [1.165, 1.54) is 19.2 Å². The number of carbonyl (C=O) groups is 1. The number of likely N-dealkylation sites (tertiary alicyclic amines) is 1. The molecule has 1 saturated heterocycles. The maximum absolute atomic E-state index is 12.1. The van der Waals surface area contributed by atoms with Crippen molar-refractivity contribution in [1.29, 1.82) is 0 Å². The van der Waals surface area contributed by atoms with E-state index >= 15 is 0 Å². The summed E-state index contributed by atoms with van der Waals surface area (Å²) in [5, 5.41) is 13.7. The van der Waals surface area contributed by atoms with Gasteiger partial charge in [-0.1, -0.05) is 13.3 Å². The number of carbonyl (C=O) groups excluding carboxylic acids is 1. The van der Waals surface area contributed by atoms with Gasteiger partial charge in [-0.3, -0.25) is 10.1 Å². The lowest BCUT2D eigenvalue weighted by molar-refractivity contribution is -0.385. The van der Waals surface area contributed by atoms with Crippen molar-refractivity contribution in [1.82, 2.24) is 4.90 Å². The Kier molecular flexibility index (Phi) is 4.62. The first-order chi connectivity index (χ1) is 10.0. The number of nitro groups is 1. The molecule has 0 bridgehead atoms. The Bertz CT molecular complexity index is 547. The second kappa shape index (κ2) is 6.43. The van der Waals surface area contributed by atoms with Crippen LogP contribution in [-0.2, 0) is 0 Å². The Morgan fingerprint density at radius 1 is 1.57 bits per heavy atom. The molecule has 2 amide bonds. The van der Waals surface area contributed by atoms with Crippen LogP contribution in [0.1, 0.15) is 19.8 Å². The highest BCUT2D eigenvalue weighted by molar-refractivity contribution is 5.90. The third-order valence-electron chi connectivity index (χ3n) is 3.78. The van der Waals surface area contributed by atoms with Gasteiger partial charge in [-0.25, -0.2) is 4.79 Å². The molecule has 1 N–H and O–H groups in total. The Labute approximate surface area is 123 Å². The minimum Gasteiger partial charge on any atom is -0.490 e. The van der Waals surface area contributed by atoms with Crippen molar-refractivity contribution in [3.63, 3.8) is 0 Å². The van der Waals surface area contributed by atoms with E-state index in [4.69, 9.17) is 4.74 Å². The number of rotatable bonds is 4. The van der Waals surface area contributed by atoms with E-state index in [-0.39, 0.29) is 17.5 Å². The van der Waals surface area contributed by atoms with Crippen LogP contribution in [0.25, 0.3) is 0 Å². The van der Waals surface area contributed by atoms with Gasteiger partial charge in [-0.15, -0.1) is 0 Å². The summed E-state index contributed by atoms with van der Waals surface area (Å²) < 4.78 is 4.93. The summed E-state index contributed by atoms with van der Waals surface area (Å²) in [6.45, 7) is 3.57. The summed E-state index contributed by atoms with van der Waals surface area (Å²) in [6, 6.07) is 4.17. The molecule has 1 fully saturated rings. The second-order valence-electron chi connectivity index (χ2n) is 5.08. The summed E-state index contributed by atoms with van der Waals surface area (Å²) in [6.07, 6.45) is 2.06. The maximum Gasteiger partial charge on any atom is 0.321 e. The SMILES string of the molecule is CC[C@H]1CCN(C(=O)Nc2ccc(OC)c([N+](=O)[O-])c2)C1. The van der Waals surface area contributed by atoms with Crippen molar-refractivity contribution < 1.29 is 14.5 Å². The smallest absolute Gasteiger partial charge is 0.321 e. The Morgan fingerprint density at radius 2 is 2.33 bits per heavy atom. The maximum atomic E-state index is 12.1. The molecule has 21 heavy (non-hydrogen) atoms. The second-order valence-corrected chi connectivity index (χ2v) is 5.08. The van der Waals surface area contributed by atoms with E-state index in [9.17, 15) is 14.9 Å². The largest absolute Gasteiger partial charge is 0.490 e. The molecule has 0 unspecified atom stereocenters. The summed E-state index contributed by atoms with van der Waals surface area (Å²) in [4.78, 5) is 24.3. The van der Waals surface area contributed by atoms with Crippen LogP contribution < -0.4 is 10.1 Å². The van der Waals surface area contributed by atoms with Gasteiger partial charge in [0.2, 0.25) is 0 Å². The van der Waals surface area contributed by atoms with Gasteiger partial charge in [-0.2, -0.15) is 0 Å². The number of hydrogen-bond donors (Lipinski definition) is 1. The average molecular weight is 293 g/mol. The third kappa shape index (κ3) is 3.42. The number of urea groups is 1. The lowest BCUT2D eigenvalue weighted by atomic mass is 10.1. The fourth-order valence-corrected chi connectivity index (χ4v) is 2.46. The highest BCUT2D eigenvalue weighted by Crippen LogP contribution is 2.30. The van der Waals surface area contributed by atoms with Crippen molar-refractivity contribution in [3.8, 4) is 5.75 Å². The molecule has 0 aromatic heterocycles. The molecule has 1 atom stereocenters. The van der Waals surface area contributed by atoms with Crippen molar-refractivity contribution in [3.05, 3.63) is 28.3 Å². The first-order valence-electron chi connectivity index (χ1n) is 6.93. The molecule has 1 aromatic rings. The number of nitrogens with one attached hydrogen (secondary N) is 1. The number of benzene rings is 1. The van der Waals surface area contributed by atoms with E-state index in [0.29, 0.717) is 11.6 Å². The summed E-state index contributed by atoms with van der Waals surface area (Å²) >= 11 is 0. The zero-order valence-corrected chi connectivity index (χ0v) is 12.2. The fraction of sp³-hybridized carbons (Fsp3) is 0.500. The first-order valence-corrected chi connectivity index (χ1v) is 6.93. The Hall–Kier alpha value is -2.31. The molecule has 1 aliphatic rings. The minimum absolute atomic E-state index is 0.164. The molecular weight excluding hydrogens is 274 g/mol. The Morgan fingerprint density at radius 3 is 2.90 bits per heavy atom. The predicted molar refractivity (Wildman–Crippen MR) is 78.6 cm³/mol. The molecule has 114 valence electrons. The van der Waals surface area contributed by atoms with Gasteiger partial charge in [0.15, 0.2) is 5.75 Å². The monoisotopic (exact) mass is 293 g/mol. The van der Waals surface area contributed by atoms with Gasteiger partial charge >= 0.3 is 11.7 Å². The number of anilines is 1. The lowest BCUT2D eigenvalue weighted by Gasteiger charge is -2.17. The topological polar surface area (TPSA) is 84.7 Å². The van der Waals surface area contributed by atoms with Crippen LogP contribution in [0.3, 0.4) is 0 Å². The summed E-state index contributed by atoms with van der Waals surface area (Å²) in [5.74, 6) is 0.714. The highest BCUT2D eigenvalue weighted by Gasteiger charge is 2.25. The normalized spacial score (nSPS) is 17.6. The van der Waals surface area contributed by atoms with Crippen LogP contribution in [-0.4, -0.2) is 36.1 Å². The average Bonchev–Trinajstić information content (AvgIpc) is 2.96. The molecule has 7 heteroatoms. The standard InChI is InChI=1S/C14H19N3O4/c1-3-10-6-7-16(9-10)14(18)15-11-4-5-13(21-2)12(8-11)17(19)20/h4-5,8,10H,3,6-7,9H2,1-2H3,(H,15,18)/t10-/m0/s1.